The van der Waals surface area contributed by atoms with Crippen LogP contribution in [-0.4, -0.2) is 19.1 Å². The highest BCUT2D eigenvalue weighted by molar-refractivity contribution is 6.02. The van der Waals surface area contributed by atoms with E-state index in [-0.39, 0.29) is 0 Å². The molecule has 0 saturated carbocycles. The van der Waals surface area contributed by atoms with Gasteiger partial charge in [0.05, 0.1) is 0 Å². The fraction of sp³-hybridized carbons (Fsp3) is 0.273. The number of nitrogens with zero attached hydrogens (tertiary/aromatic N) is 2. The molecule has 0 fully saturated rings. The number of benzene rings is 1. The van der Waals surface area contributed by atoms with E-state index in [2.05, 4.69) is 22.4 Å². The highest BCUT2D eigenvalue weighted by atomic mass is 15.3. The predicted molar refractivity (Wildman–Crippen MR) is 60.9 cm³/mol. The Bertz CT molecular complexity index is 336. The first-order valence-electron chi connectivity index (χ1n) is 4.58. The molecule has 0 radical (unpaired) electrons. The molecule has 0 heterocycles. The molecule has 1 aromatic carbocycles. The molecule has 14 heavy (non-hydrogen) atoms. The Morgan fingerprint density at radius 1 is 1.29 bits per heavy atom. The van der Waals surface area contributed by atoms with Crippen LogP contribution in [0, 0.1) is 6.92 Å². The zero-order valence-electron chi connectivity index (χ0n) is 8.78. The molecule has 0 aliphatic rings. The molecule has 0 unspecified atom stereocenters. The minimum atomic E-state index is 0.704. The second-order valence-electron chi connectivity index (χ2n) is 2.91. The SMILES string of the molecule is CC=N/C(=N\NC)c1ccc(C)cc1. The molecule has 74 valence electrons. The van der Waals surface area contributed by atoms with E-state index in [1.165, 1.54) is 5.56 Å². The Balaban J connectivity index is 3.00. The van der Waals surface area contributed by atoms with Crippen molar-refractivity contribution in [1.29, 1.82) is 0 Å². The number of rotatable bonds is 2. The second kappa shape index (κ2) is 5.17. The number of aliphatic imine (C=N–C) groups is 1. The van der Waals surface area contributed by atoms with E-state index in [1.807, 2.05) is 31.2 Å². The summed E-state index contributed by atoms with van der Waals surface area (Å²) in [5, 5.41) is 4.08. The second-order valence-corrected chi connectivity index (χ2v) is 2.91. The molecule has 0 aliphatic heterocycles. The quantitative estimate of drug-likeness (QED) is 0.431. The molecule has 3 heteroatoms. The molecule has 3 nitrogen and oxygen atoms in total. The van der Waals surface area contributed by atoms with Crippen LogP contribution in [-0.2, 0) is 0 Å². The van der Waals surface area contributed by atoms with Gasteiger partial charge in [0, 0.05) is 18.8 Å². The maximum absolute atomic E-state index is 4.18. The smallest absolute Gasteiger partial charge is 0.178 e. The molecular weight excluding hydrogens is 174 g/mol. The van der Waals surface area contributed by atoms with Crippen molar-refractivity contribution >= 4 is 12.1 Å². The predicted octanol–water partition coefficient (Wildman–Crippen LogP) is 1.97. The molecule has 0 saturated heterocycles. The van der Waals surface area contributed by atoms with Gasteiger partial charge in [0.25, 0.3) is 0 Å². The van der Waals surface area contributed by atoms with E-state index in [4.69, 9.17) is 0 Å². The van der Waals surface area contributed by atoms with Crippen LogP contribution in [0.15, 0.2) is 34.4 Å². The van der Waals surface area contributed by atoms with Crippen LogP contribution in [0.5, 0.6) is 0 Å². The molecule has 1 aromatic rings. The number of hydrazone groups is 1. The van der Waals surface area contributed by atoms with Gasteiger partial charge in [-0.2, -0.15) is 5.10 Å². The maximum atomic E-state index is 4.18. The summed E-state index contributed by atoms with van der Waals surface area (Å²) in [5.74, 6) is 0.704. The van der Waals surface area contributed by atoms with Crippen LogP contribution in [0.1, 0.15) is 18.1 Å². The number of aryl methyl sites for hydroxylation is 1. The average molecular weight is 189 g/mol. The monoisotopic (exact) mass is 189 g/mol. The molecule has 0 atom stereocenters. The summed E-state index contributed by atoms with van der Waals surface area (Å²) >= 11 is 0. The first-order valence-corrected chi connectivity index (χ1v) is 4.58. The number of hydrogen-bond donors (Lipinski definition) is 1. The summed E-state index contributed by atoms with van der Waals surface area (Å²) in [7, 11) is 1.76. The lowest BCUT2D eigenvalue weighted by atomic mass is 10.1. The summed E-state index contributed by atoms with van der Waals surface area (Å²) < 4.78 is 0. The lowest BCUT2D eigenvalue weighted by Crippen LogP contribution is -2.04. The van der Waals surface area contributed by atoms with Crippen LogP contribution < -0.4 is 5.43 Å². The first-order chi connectivity index (χ1) is 6.77. The molecule has 0 spiro atoms. The van der Waals surface area contributed by atoms with Gasteiger partial charge in [-0.05, 0) is 13.8 Å². The topological polar surface area (TPSA) is 36.8 Å². The highest BCUT2D eigenvalue weighted by Crippen LogP contribution is 2.05. The Morgan fingerprint density at radius 2 is 1.93 bits per heavy atom. The Morgan fingerprint density at radius 3 is 2.43 bits per heavy atom. The van der Waals surface area contributed by atoms with Gasteiger partial charge in [0.2, 0.25) is 0 Å². The maximum Gasteiger partial charge on any atom is 0.178 e. The number of hydrogen-bond acceptors (Lipinski definition) is 2. The van der Waals surface area contributed by atoms with Gasteiger partial charge in [-0.25, -0.2) is 4.99 Å². The van der Waals surface area contributed by atoms with Crippen LogP contribution in [0.4, 0.5) is 0 Å². The lowest BCUT2D eigenvalue weighted by Gasteiger charge is -2.00. The average Bonchev–Trinajstić information content (AvgIpc) is 2.19. The van der Waals surface area contributed by atoms with Gasteiger partial charge in [-0.15, -0.1) is 0 Å². The minimum Gasteiger partial charge on any atom is -0.311 e. The van der Waals surface area contributed by atoms with Crippen molar-refractivity contribution in [3.8, 4) is 0 Å². The molecule has 1 rings (SSSR count). The molecule has 0 aliphatic carbocycles. The van der Waals surface area contributed by atoms with E-state index in [9.17, 15) is 0 Å². The summed E-state index contributed by atoms with van der Waals surface area (Å²) in [6, 6.07) is 8.12. The summed E-state index contributed by atoms with van der Waals surface area (Å²) in [4.78, 5) is 4.18. The standard InChI is InChI=1S/C11H15N3/c1-4-13-11(14-12-3)10-7-5-9(2)6-8-10/h4-8,12H,1-3H3/b13-4?,14-11-. The van der Waals surface area contributed by atoms with Crippen LogP contribution in [0.2, 0.25) is 0 Å². The van der Waals surface area contributed by atoms with Gasteiger partial charge in [0.1, 0.15) is 0 Å². The van der Waals surface area contributed by atoms with Crippen molar-refractivity contribution in [3.05, 3.63) is 35.4 Å². The van der Waals surface area contributed by atoms with E-state index in [0.29, 0.717) is 5.84 Å². The molecule has 0 aromatic heterocycles. The zero-order valence-corrected chi connectivity index (χ0v) is 8.78. The van der Waals surface area contributed by atoms with Crippen LogP contribution in [0.3, 0.4) is 0 Å². The van der Waals surface area contributed by atoms with Gasteiger partial charge in [-0.3, -0.25) is 0 Å². The molecular formula is C11H15N3. The summed E-state index contributed by atoms with van der Waals surface area (Å²) in [6.07, 6.45) is 1.73. The van der Waals surface area contributed by atoms with Gasteiger partial charge >= 0.3 is 0 Å². The van der Waals surface area contributed by atoms with Crippen molar-refractivity contribution in [2.24, 2.45) is 10.1 Å². The van der Waals surface area contributed by atoms with Crippen molar-refractivity contribution in [2.75, 3.05) is 7.05 Å². The first kappa shape index (κ1) is 10.4. The van der Waals surface area contributed by atoms with E-state index in [0.717, 1.165) is 5.56 Å². The fourth-order valence-corrected chi connectivity index (χ4v) is 1.10. The van der Waals surface area contributed by atoms with Gasteiger partial charge < -0.3 is 5.43 Å². The van der Waals surface area contributed by atoms with Crippen LogP contribution in [0.25, 0.3) is 0 Å². The van der Waals surface area contributed by atoms with Gasteiger partial charge in [-0.1, -0.05) is 29.8 Å². The number of amidine groups is 1. The molecule has 0 amide bonds. The van der Waals surface area contributed by atoms with Crippen LogP contribution >= 0.6 is 0 Å². The summed E-state index contributed by atoms with van der Waals surface area (Å²) in [6.45, 7) is 3.93. The van der Waals surface area contributed by atoms with Crippen molar-refractivity contribution in [1.82, 2.24) is 5.43 Å². The Kier molecular flexibility index (Phi) is 3.85. The van der Waals surface area contributed by atoms with Crippen molar-refractivity contribution in [2.45, 2.75) is 13.8 Å². The third kappa shape index (κ3) is 2.69. The zero-order chi connectivity index (χ0) is 10.4. The van der Waals surface area contributed by atoms with Crippen molar-refractivity contribution < 1.29 is 0 Å². The van der Waals surface area contributed by atoms with Crippen molar-refractivity contribution in [3.63, 3.8) is 0 Å². The highest BCUT2D eigenvalue weighted by Gasteiger charge is 1.99. The normalized spacial score (nSPS) is 12.1. The largest absolute Gasteiger partial charge is 0.311 e. The lowest BCUT2D eigenvalue weighted by molar-refractivity contribution is 0.898. The third-order valence-electron chi connectivity index (χ3n) is 1.78. The van der Waals surface area contributed by atoms with Gasteiger partial charge in [0.15, 0.2) is 5.84 Å². The Labute approximate surface area is 84.6 Å². The van der Waals surface area contributed by atoms with E-state index in [1.54, 1.807) is 13.3 Å². The summed E-state index contributed by atoms with van der Waals surface area (Å²) in [5.41, 5.74) is 4.99. The van der Waals surface area contributed by atoms with E-state index >= 15 is 0 Å². The minimum absolute atomic E-state index is 0.704. The fourth-order valence-electron chi connectivity index (χ4n) is 1.10. The number of nitrogens with one attached hydrogen (secondary N) is 1. The van der Waals surface area contributed by atoms with E-state index < -0.39 is 0 Å². The molecule has 0 bridgehead atoms. The Hall–Kier alpha value is -1.64. The molecule has 1 N–H and O–H groups in total. The third-order valence-corrected chi connectivity index (χ3v) is 1.78.